The standard InChI is InChI=1S/C13H11FN2O/c1-9-12(3-2-8-15-9)16-13(17)10-4-6-11(14)7-5-10/h2-8H,1H3,(H,16,17). The van der Waals surface area contributed by atoms with E-state index in [-0.39, 0.29) is 11.7 Å². The molecule has 1 aromatic heterocycles. The molecule has 0 fully saturated rings. The highest BCUT2D eigenvalue weighted by atomic mass is 19.1. The molecule has 17 heavy (non-hydrogen) atoms. The fourth-order valence-electron chi connectivity index (χ4n) is 1.41. The highest BCUT2D eigenvalue weighted by Gasteiger charge is 2.07. The van der Waals surface area contributed by atoms with E-state index in [0.717, 1.165) is 5.69 Å². The molecule has 0 aliphatic carbocycles. The van der Waals surface area contributed by atoms with Gasteiger partial charge in [0.15, 0.2) is 0 Å². The van der Waals surface area contributed by atoms with Gasteiger partial charge in [0, 0.05) is 11.8 Å². The number of amides is 1. The first-order valence-corrected chi connectivity index (χ1v) is 5.15. The van der Waals surface area contributed by atoms with Crippen LogP contribution in [0.3, 0.4) is 0 Å². The predicted molar refractivity (Wildman–Crippen MR) is 63.3 cm³/mol. The Morgan fingerprint density at radius 1 is 1.24 bits per heavy atom. The Balaban J connectivity index is 2.17. The number of carbonyl (C=O) groups is 1. The highest BCUT2D eigenvalue weighted by molar-refractivity contribution is 6.04. The van der Waals surface area contributed by atoms with Gasteiger partial charge in [0.25, 0.3) is 5.91 Å². The quantitative estimate of drug-likeness (QED) is 0.861. The minimum absolute atomic E-state index is 0.277. The van der Waals surface area contributed by atoms with E-state index in [0.29, 0.717) is 11.3 Å². The van der Waals surface area contributed by atoms with E-state index in [4.69, 9.17) is 0 Å². The molecule has 1 aromatic carbocycles. The van der Waals surface area contributed by atoms with Crippen LogP contribution in [0.4, 0.5) is 10.1 Å². The zero-order valence-corrected chi connectivity index (χ0v) is 9.27. The van der Waals surface area contributed by atoms with E-state index < -0.39 is 0 Å². The first-order valence-electron chi connectivity index (χ1n) is 5.15. The Hall–Kier alpha value is -2.23. The van der Waals surface area contributed by atoms with Gasteiger partial charge in [-0.25, -0.2) is 4.39 Å². The van der Waals surface area contributed by atoms with Gasteiger partial charge >= 0.3 is 0 Å². The Kier molecular flexibility index (Phi) is 3.14. The molecule has 1 heterocycles. The van der Waals surface area contributed by atoms with Crippen LogP contribution in [-0.2, 0) is 0 Å². The molecule has 0 atom stereocenters. The summed E-state index contributed by atoms with van der Waals surface area (Å²) >= 11 is 0. The van der Waals surface area contributed by atoms with E-state index >= 15 is 0 Å². The fourth-order valence-corrected chi connectivity index (χ4v) is 1.41. The van der Waals surface area contributed by atoms with Crippen LogP contribution in [0, 0.1) is 12.7 Å². The number of carbonyl (C=O) groups excluding carboxylic acids is 1. The van der Waals surface area contributed by atoms with E-state index in [9.17, 15) is 9.18 Å². The van der Waals surface area contributed by atoms with Crippen LogP contribution in [0.25, 0.3) is 0 Å². The van der Waals surface area contributed by atoms with Gasteiger partial charge in [-0.2, -0.15) is 0 Å². The zero-order chi connectivity index (χ0) is 12.3. The van der Waals surface area contributed by atoms with Gasteiger partial charge in [0.05, 0.1) is 11.4 Å². The average molecular weight is 230 g/mol. The summed E-state index contributed by atoms with van der Waals surface area (Å²) in [6.07, 6.45) is 1.66. The van der Waals surface area contributed by atoms with Crippen molar-refractivity contribution >= 4 is 11.6 Å². The molecule has 1 N–H and O–H groups in total. The summed E-state index contributed by atoms with van der Waals surface area (Å²) in [7, 11) is 0. The number of halogens is 1. The van der Waals surface area contributed by atoms with E-state index in [1.54, 1.807) is 25.3 Å². The molecule has 0 spiro atoms. The molecular formula is C13H11FN2O. The number of hydrogen-bond donors (Lipinski definition) is 1. The lowest BCUT2D eigenvalue weighted by atomic mass is 10.2. The molecule has 0 radical (unpaired) electrons. The third kappa shape index (κ3) is 2.66. The van der Waals surface area contributed by atoms with Crippen molar-refractivity contribution in [3.8, 4) is 0 Å². The summed E-state index contributed by atoms with van der Waals surface area (Å²) in [5.74, 6) is -0.639. The molecule has 0 bridgehead atoms. The van der Waals surface area contributed by atoms with E-state index in [2.05, 4.69) is 10.3 Å². The summed E-state index contributed by atoms with van der Waals surface area (Å²) in [5.41, 5.74) is 1.81. The van der Waals surface area contributed by atoms with Crippen molar-refractivity contribution in [3.63, 3.8) is 0 Å². The third-order valence-corrected chi connectivity index (χ3v) is 2.36. The maximum Gasteiger partial charge on any atom is 0.255 e. The summed E-state index contributed by atoms with van der Waals surface area (Å²) in [6.45, 7) is 1.81. The summed E-state index contributed by atoms with van der Waals surface area (Å²) in [5, 5.41) is 2.72. The smallest absolute Gasteiger partial charge is 0.255 e. The van der Waals surface area contributed by atoms with Crippen molar-refractivity contribution in [1.82, 2.24) is 4.98 Å². The number of hydrogen-bond acceptors (Lipinski definition) is 2. The third-order valence-electron chi connectivity index (χ3n) is 2.36. The monoisotopic (exact) mass is 230 g/mol. The van der Waals surface area contributed by atoms with Crippen LogP contribution < -0.4 is 5.32 Å². The lowest BCUT2D eigenvalue weighted by molar-refractivity contribution is 0.102. The molecule has 86 valence electrons. The van der Waals surface area contributed by atoms with Crippen molar-refractivity contribution in [2.24, 2.45) is 0 Å². The average Bonchev–Trinajstić information content (AvgIpc) is 2.33. The lowest BCUT2D eigenvalue weighted by Gasteiger charge is -2.07. The van der Waals surface area contributed by atoms with Crippen molar-refractivity contribution in [3.05, 3.63) is 59.7 Å². The molecule has 2 aromatic rings. The molecule has 1 amide bonds. The number of aromatic nitrogens is 1. The molecule has 0 saturated carbocycles. The summed E-state index contributed by atoms with van der Waals surface area (Å²) < 4.78 is 12.7. The number of benzene rings is 1. The molecule has 0 aliphatic rings. The number of anilines is 1. The summed E-state index contributed by atoms with van der Waals surface area (Å²) in [6, 6.07) is 8.90. The largest absolute Gasteiger partial charge is 0.320 e. The normalized spacial score (nSPS) is 10.0. The van der Waals surface area contributed by atoms with E-state index in [1.165, 1.54) is 24.3 Å². The highest BCUT2D eigenvalue weighted by Crippen LogP contribution is 2.12. The van der Waals surface area contributed by atoms with Gasteiger partial charge in [0.1, 0.15) is 5.82 Å². The first-order chi connectivity index (χ1) is 8.16. The molecular weight excluding hydrogens is 219 g/mol. The second-order valence-electron chi connectivity index (χ2n) is 3.60. The van der Waals surface area contributed by atoms with Gasteiger partial charge in [-0.15, -0.1) is 0 Å². The van der Waals surface area contributed by atoms with Gasteiger partial charge in [-0.1, -0.05) is 0 Å². The van der Waals surface area contributed by atoms with Crippen LogP contribution >= 0.6 is 0 Å². The van der Waals surface area contributed by atoms with Crippen molar-refractivity contribution in [2.45, 2.75) is 6.92 Å². The number of nitrogens with one attached hydrogen (secondary N) is 1. The second-order valence-corrected chi connectivity index (χ2v) is 3.60. The number of nitrogens with zero attached hydrogens (tertiary/aromatic N) is 1. The van der Waals surface area contributed by atoms with Crippen LogP contribution in [0.15, 0.2) is 42.6 Å². The van der Waals surface area contributed by atoms with Crippen molar-refractivity contribution in [1.29, 1.82) is 0 Å². The van der Waals surface area contributed by atoms with Crippen LogP contribution in [0.2, 0.25) is 0 Å². The predicted octanol–water partition coefficient (Wildman–Crippen LogP) is 2.78. The Morgan fingerprint density at radius 3 is 2.59 bits per heavy atom. The number of rotatable bonds is 2. The van der Waals surface area contributed by atoms with Gasteiger partial charge in [-0.05, 0) is 43.3 Å². The fraction of sp³-hybridized carbons (Fsp3) is 0.0769. The van der Waals surface area contributed by atoms with Gasteiger partial charge in [-0.3, -0.25) is 9.78 Å². The maximum atomic E-state index is 12.7. The Bertz CT molecular complexity index is 537. The molecule has 3 nitrogen and oxygen atoms in total. The van der Waals surface area contributed by atoms with Crippen LogP contribution in [0.1, 0.15) is 16.1 Å². The lowest BCUT2D eigenvalue weighted by Crippen LogP contribution is -2.13. The van der Waals surface area contributed by atoms with Gasteiger partial charge < -0.3 is 5.32 Å². The Morgan fingerprint density at radius 2 is 1.94 bits per heavy atom. The number of pyridine rings is 1. The minimum Gasteiger partial charge on any atom is -0.320 e. The van der Waals surface area contributed by atoms with E-state index in [1.807, 2.05) is 0 Å². The van der Waals surface area contributed by atoms with Crippen molar-refractivity contribution in [2.75, 3.05) is 5.32 Å². The number of aryl methyl sites for hydroxylation is 1. The van der Waals surface area contributed by atoms with Crippen LogP contribution in [-0.4, -0.2) is 10.9 Å². The first kappa shape index (κ1) is 11.3. The SMILES string of the molecule is Cc1ncccc1NC(=O)c1ccc(F)cc1. The second kappa shape index (κ2) is 4.74. The molecule has 2 rings (SSSR count). The Labute approximate surface area is 98.3 Å². The van der Waals surface area contributed by atoms with Crippen LogP contribution in [0.5, 0.6) is 0 Å². The topological polar surface area (TPSA) is 42.0 Å². The minimum atomic E-state index is -0.362. The zero-order valence-electron chi connectivity index (χ0n) is 9.27. The molecule has 0 saturated heterocycles. The molecule has 4 heteroatoms. The molecule has 0 aliphatic heterocycles. The summed E-state index contributed by atoms with van der Waals surface area (Å²) in [4.78, 5) is 15.9. The van der Waals surface area contributed by atoms with Crippen molar-refractivity contribution < 1.29 is 9.18 Å². The maximum absolute atomic E-state index is 12.7. The molecule has 0 unspecified atom stereocenters. The van der Waals surface area contributed by atoms with Gasteiger partial charge in [0.2, 0.25) is 0 Å².